The molecule has 0 aromatic heterocycles. The largest absolute Gasteiger partial charge is 0.414 e. The van der Waals surface area contributed by atoms with Crippen LogP contribution in [0.5, 0.6) is 0 Å². The Labute approximate surface area is 242 Å². The minimum Gasteiger partial charge on any atom is -0.414 e. The van der Waals surface area contributed by atoms with Gasteiger partial charge in [0.05, 0.1) is 5.75 Å². The SMILES string of the molecule is CC(C)[C@@H](C)/C=C/[C@@H](C)[C@H]1CCC2/C(=C/C3C4=C(CC[C@H](O[Si](C)(C)C(C)(C)C)C4)CS3(=O)=O)CCC[C@@]21C. The molecule has 1 heterocycles. The maximum absolute atomic E-state index is 13.6. The van der Waals surface area contributed by atoms with Gasteiger partial charge in [0.2, 0.25) is 0 Å². The monoisotopic (exact) mass is 574 g/mol. The quantitative estimate of drug-likeness (QED) is 0.225. The maximum atomic E-state index is 13.6. The molecule has 3 aliphatic carbocycles. The second-order valence-corrected chi connectivity index (χ2v) is 22.7. The molecule has 2 saturated carbocycles. The van der Waals surface area contributed by atoms with Gasteiger partial charge in [-0.25, -0.2) is 8.42 Å². The van der Waals surface area contributed by atoms with Crippen LogP contribution in [-0.2, 0) is 14.3 Å². The number of fused-ring (bicyclic) bond motifs is 1. The zero-order chi connectivity index (χ0) is 29.0. The van der Waals surface area contributed by atoms with E-state index in [1.165, 1.54) is 42.4 Å². The van der Waals surface area contributed by atoms with E-state index in [4.69, 9.17) is 4.43 Å². The van der Waals surface area contributed by atoms with E-state index < -0.39 is 23.4 Å². The van der Waals surface area contributed by atoms with E-state index in [1.54, 1.807) is 0 Å². The van der Waals surface area contributed by atoms with E-state index in [0.29, 0.717) is 29.6 Å². The van der Waals surface area contributed by atoms with Crippen LogP contribution in [0.4, 0.5) is 0 Å². The van der Waals surface area contributed by atoms with Crippen LogP contribution in [0, 0.1) is 35.0 Å². The number of rotatable bonds is 7. The lowest BCUT2D eigenvalue weighted by Gasteiger charge is -2.44. The summed E-state index contributed by atoms with van der Waals surface area (Å²) < 4.78 is 34.0. The second-order valence-electron chi connectivity index (χ2n) is 15.8. The van der Waals surface area contributed by atoms with Crippen LogP contribution in [0.1, 0.15) is 107 Å². The molecule has 4 aliphatic rings. The van der Waals surface area contributed by atoms with Crippen LogP contribution in [0.2, 0.25) is 18.1 Å². The van der Waals surface area contributed by atoms with Crippen molar-refractivity contribution in [2.45, 2.75) is 136 Å². The lowest BCUT2D eigenvalue weighted by molar-refractivity contribution is 0.111. The topological polar surface area (TPSA) is 43.4 Å². The van der Waals surface area contributed by atoms with E-state index in [9.17, 15) is 8.42 Å². The van der Waals surface area contributed by atoms with Crippen molar-refractivity contribution in [2.75, 3.05) is 5.75 Å². The third kappa shape index (κ3) is 6.26. The number of allylic oxidation sites excluding steroid dienone is 3. The van der Waals surface area contributed by atoms with Gasteiger partial charge >= 0.3 is 0 Å². The minimum atomic E-state index is -3.18. The minimum absolute atomic E-state index is 0.159. The average molecular weight is 575 g/mol. The second kappa shape index (κ2) is 11.2. The first-order valence-corrected chi connectivity index (χ1v) is 20.6. The van der Waals surface area contributed by atoms with Gasteiger partial charge in [-0.1, -0.05) is 84.8 Å². The van der Waals surface area contributed by atoms with E-state index in [2.05, 4.69) is 86.7 Å². The summed E-state index contributed by atoms with van der Waals surface area (Å²) in [4.78, 5) is 0. The molecule has 0 N–H and O–H groups in total. The van der Waals surface area contributed by atoms with Gasteiger partial charge in [-0.2, -0.15) is 0 Å². The molecule has 0 radical (unpaired) electrons. The molecule has 0 saturated heterocycles. The summed E-state index contributed by atoms with van der Waals surface area (Å²) >= 11 is 0. The van der Waals surface area contributed by atoms with Crippen molar-refractivity contribution < 1.29 is 12.8 Å². The number of hydrogen-bond acceptors (Lipinski definition) is 3. The van der Waals surface area contributed by atoms with Crippen molar-refractivity contribution in [1.29, 1.82) is 0 Å². The molecule has 0 aromatic carbocycles. The summed E-state index contributed by atoms with van der Waals surface area (Å²) in [6.45, 7) is 23.4. The van der Waals surface area contributed by atoms with Gasteiger partial charge in [-0.3, -0.25) is 0 Å². The molecular formula is C34H58O3SSi. The Balaban J connectivity index is 1.56. The molecule has 2 unspecified atom stereocenters. The first-order valence-electron chi connectivity index (χ1n) is 16.0. The van der Waals surface area contributed by atoms with Crippen molar-refractivity contribution in [2.24, 2.45) is 35.0 Å². The first kappa shape index (κ1) is 31.3. The van der Waals surface area contributed by atoms with E-state index in [1.807, 2.05) is 0 Å². The summed E-state index contributed by atoms with van der Waals surface area (Å²) in [6.07, 6.45) is 16.0. The predicted octanol–water partition coefficient (Wildman–Crippen LogP) is 9.28. The summed E-state index contributed by atoms with van der Waals surface area (Å²) in [7, 11) is -5.07. The molecule has 1 aliphatic heterocycles. The van der Waals surface area contributed by atoms with E-state index in [0.717, 1.165) is 25.7 Å². The smallest absolute Gasteiger partial charge is 0.192 e. The highest BCUT2D eigenvalue weighted by atomic mass is 32.2. The molecule has 7 atom stereocenters. The molecule has 3 nitrogen and oxygen atoms in total. The number of sulfone groups is 1. The highest BCUT2D eigenvalue weighted by molar-refractivity contribution is 7.92. The molecule has 222 valence electrons. The summed E-state index contributed by atoms with van der Waals surface area (Å²) in [5.41, 5.74) is 4.12. The standard InChI is InChI=1S/C34H58O3SSi/c1-23(2)24(3)13-14-25(4)30-17-18-31-26(12-11-19-34(30,31)8)20-32-29-21-28(37-39(9,10)33(5,6)7)16-15-27(29)22-38(32,35)36/h13-14,20,23-25,28,30-32H,11-12,15-19,21-22H2,1-10H3/b14-13+,26-20+/t24-,25+,28-,30+,31?,32?,34+/m0/s1. The fourth-order valence-electron chi connectivity index (χ4n) is 7.96. The van der Waals surface area contributed by atoms with E-state index >= 15 is 0 Å². The van der Waals surface area contributed by atoms with Gasteiger partial charge in [0.1, 0.15) is 5.25 Å². The Morgan fingerprint density at radius 3 is 2.36 bits per heavy atom. The molecule has 0 spiro atoms. The summed E-state index contributed by atoms with van der Waals surface area (Å²) in [5, 5.41) is -0.255. The van der Waals surface area contributed by atoms with Crippen molar-refractivity contribution in [3.8, 4) is 0 Å². The summed E-state index contributed by atoms with van der Waals surface area (Å²) in [6, 6.07) is 0. The highest BCUT2D eigenvalue weighted by Crippen LogP contribution is 2.60. The predicted molar refractivity (Wildman–Crippen MR) is 169 cm³/mol. The van der Waals surface area contributed by atoms with Crippen molar-refractivity contribution >= 4 is 18.2 Å². The molecular weight excluding hydrogens is 517 g/mol. The van der Waals surface area contributed by atoms with Crippen LogP contribution in [0.25, 0.3) is 0 Å². The zero-order valence-electron chi connectivity index (χ0n) is 26.8. The average Bonchev–Trinajstić information content (AvgIpc) is 3.29. The summed E-state index contributed by atoms with van der Waals surface area (Å²) in [5.74, 6) is 3.31. The van der Waals surface area contributed by atoms with Crippen LogP contribution in [0.15, 0.2) is 34.9 Å². The van der Waals surface area contributed by atoms with Crippen molar-refractivity contribution in [1.82, 2.24) is 0 Å². The fraction of sp³-hybridized carbons (Fsp3) is 0.824. The Morgan fingerprint density at radius 2 is 1.72 bits per heavy atom. The van der Waals surface area contributed by atoms with Gasteiger partial charge in [0.25, 0.3) is 0 Å². The van der Waals surface area contributed by atoms with Gasteiger partial charge in [-0.05, 0) is 110 Å². The third-order valence-electron chi connectivity index (χ3n) is 11.9. The molecule has 0 amide bonds. The van der Waals surface area contributed by atoms with Gasteiger partial charge in [-0.15, -0.1) is 0 Å². The van der Waals surface area contributed by atoms with E-state index in [-0.39, 0.29) is 22.3 Å². The molecule has 4 rings (SSSR count). The molecule has 5 heteroatoms. The van der Waals surface area contributed by atoms with Crippen LogP contribution >= 0.6 is 0 Å². The maximum Gasteiger partial charge on any atom is 0.192 e. The Morgan fingerprint density at radius 1 is 1.03 bits per heavy atom. The molecule has 0 aromatic rings. The normalized spacial score (nSPS) is 36.0. The van der Waals surface area contributed by atoms with Crippen LogP contribution in [0.3, 0.4) is 0 Å². The highest BCUT2D eigenvalue weighted by Gasteiger charge is 2.51. The Kier molecular flexibility index (Phi) is 8.99. The molecule has 0 bridgehead atoms. The van der Waals surface area contributed by atoms with Gasteiger partial charge in [0.15, 0.2) is 18.2 Å². The van der Waals surface area contributed by atoms with Crippen LogP contribution < -0.4 is 0 Å². The van der Waals surface area contributed by atoms with Crippen molar-refractivity contribution in [3.63, 3.8) is 0 Å². The van der Waals surface area contributed by atoms with Crippen LogP contribution in [-0.4, -0.2) is 33.8 Å². The fourth-order valence-corrected chi connectivity index (χ4v) is 11.4. The third-order valence-corrected chi connectivity index (χ3v) is 18.3. The van der Waals surface area contributed by atoms with Crippen molar-refractivity contribution in [3.05, 3.63) is 34.9 Å². The first-order chi connectivity index (χ1) is 18.0. The van der Waals surface area contributed by atoms with Gasteiger partial charge in [0, 0.05) is 6.10 Å². The lowest BCUT2D eigenvalue weighted by atomic mass is 9.61. The Hall–Kier alpha value is -0.653. The molecule has 39 heavy (non-hydrogen) atoms. The zero-order valence-corrected chi connectivity index (χ0v) is 28.6. The lowest BCUT2D eigenvalue weighted by Crippen LogP contribution is -2.44. The number of hydrogen-bond donors (Lipinski definition) is 0. The Bertz CT molecular complexity index is 1110. The molecule has 2 fully saturated rings. The van der Waals surface area contributed by atoms with Gasteiger partial charge < -0.3 is 4.43 Å².